The number of rotatable bonds is 0. The van der Waals surface area contributed by atoms with Gasteiger partial charge in [-0.25, -0.2) is 0 Å². The zero-order valence-electron chi connectivity index (χ0n) is 8.85. The molecule has 1 aromatic carbocycles. The summed E-state index contributed by atoms with van der Waals surface area (Å²) >= 11 is 0. The van der Waals surface area contributed by atoms with Gasteiger partial charge in [-0.3, -0.25) is 0 Å². The fraction of sp³-hybridized carbons (Fsp3) is 0.500. The van der Waals surface area contributed by atoms with E-state index in [4.69, 9.17) is 0 Å². The van der Waals surface area contributed by atoms with Crippen LogP contribution < -0.4 is 5.19 Å². The summed E-state index contributed by atoms with van der Waals surface area (Å²) in [6.45, 7) is 7.20. The van der Waals surface area contributed by atoms with E-state index >= 15 is 0 Å². The largest absolute Gasteiger partial charge is 0.0810 e. The number of aryl methyl sites for hydroxylation is 2. The second-order valence-corrected chi connectivity index (χ2v) is 9.70. The van der Waals surface area contributed by atoms with Crippen LogP contribution in [0.2, 0.25) is 19.1 Å². The van der Waals surface area contributed by atoms with Crippen LogP contribution in [0.25, 0.3) is 0 Å². The second kappa shape index (κ2) is 2.98. The van der Waals surface area contributed by atoms with E-state index in [1.807, 2.05) is 0 Å². The maximum Gasteiger partial charge on any atom is 0.0810 e. The lowest BCUT2D eigenvalue weighted by molar-refractivity contribution is 0.887. The molecule has 1 heteroatoms. The van der Waals surface area contributed by atoms with E-state index in [2.05, 4.69) is 38.2 Å². The van der Waals surface area contributed by atoms with Gasteiger partial charge in [-0.15, -0.1) is 0 Å². The van der Waals surface area contributed by atoms with E-state index in [0.717, 1.165) is 0 Å². The molecule has 13 heavy (non-hydrogen) atoms. The number of hydrogen-bond donors (Lipinski definition) is 0. The molecule has 0 fully saturated rings. The molecule has 0 spiro atoms. The standard InChI is InChI=1S/C12H18Si/c1-10-6-7-12-11(9-10)5-4-8-13(12,2)3/h6-7,9H,4-5,8H2,1-3H3. The first-order valence-electron chi connectivity index (χ1n) is 5.20. The van der Waals surface area contributed by atoms with Crippen molar-refractivity contribution in [2.45, 2.75) is 38.9 Å². The van der Waals surface area contributed by atoms with Crippen molar-refractivity contribution < 1.29 is 0 Å². The van der Waals surface area contributed by atoms with Crippen LogP contribution in [0.1, 0.15) is 17.5 Å². The molecule has 0 aromatic heterocycles. The molecule has 70 valence electrons. The van der Waals surface area contributed by atoms with Crippen molar-refractivity contribution >= 4 is 13.3 Å². The second-order valence-electron chi connectivity index (χ2n) is 4.90. The molecule has 0 N–H and O–H groups in total. The van der Waals surface area contributed by atoms with Gasteiger partial charge in [0.1, 0.15) is 0 Å². The lowest BCUT2D eigenvalue weighted by Gasteiger charge is -2.30. The Labute approximate surface area is 82.0 Å². The molecule has 0 aliphatic carbocycles. The van der Waals surface area contributed by atoms with Gasteiger partial charge in [0.05, 0.1) is 8.07 Å². The van der Waals surface area contributed by atoms with E-state index < -0.39 is 8.07 Å². The SMILES string of the molecule is Cc1ccc2c(c1)CCC[Si]2(C)C. The van der Waals surface area contributed by atoms with Gasteiger partial charge in [0.2, 0.25) is 0 Å². The molecule has 1 heterocycles. The molecule has 0 saturated carbocycles. The van der Waals surface area contributed by atoms with Crippen molar-refractivity contribution in [3.05, 3.63) is 29.3 Å². The Kier molecular flexibility index (Phi) is 2.07. The predicted octanol–water partition coefficient (Wildman–Crippen LogP) is 2.86. The Bertz CT molecular complexity index is 326. The monoisotopic (exact) mass is 190 g/mol. The average molecular weight is 190 g/mol. The molecule has 1 aliphatic heterocycles. The highest BCUT2D eigenvalue weighted by molar-refractivity contribution is 6.90. The summed E-state index contributed by atoms with van der Waals surface area (Å²) in [5.74, 6) is 0. The molecule has 0 radical (unpaired) electrons. The average Bonchev–Trinajstić information content (AvgIpc) is 2.02. The Morgan fingerprint density at radius 3 is 2.77 bits per heavy atom. The summed E-state index contributed by atoms with van der Waals surface area (Å²) in [5.41, 5.74) is 3.06. The molecule has 2 rings (SSSR count). The summed E-state index contributed by atoms with van der Waals surface area (Å²) in [4.78, 5) is 0. The van der Waals surface area contributed by atoms with E-state index in [9.17, 15) is 0 Å². The maximum atomic E-state index is 2.50. The lowest BCUT2D eigenvalue weighted by Crippen LogP contribution is -2.46. The highest BCUT2D eigenvalue weighted by Gasteiger charge is 2.28. The Hall–Kier alpha value is -0.563. The van der Waals surface area contributed by atoms with E-state index in [0.29, 0.717) is 0 Å². The fourth-order valence-corrected chi connectivity index (χ4v) is 5.38. The van der Waals surface area contributed by atoms with Crippen LogP contribution in [0.5, 0.6) is 0 Å². The Balaban J connectivity index is 2.53. The van der Waals surface area contributed by atoms with Crippen molar-refractivity contribution in [3.63, 3.8) is 0 Å². The summed E-state index contributed by atoms with van der Waals surface area (Å²) in [5, 5.41) is 1.71. The molecular formula is C12H18Si. The van der Waals surface area contributed by atoms with Crippen LogP contribution in [0.15, 0.2) is 18.2 Å². The third kappa shape index (κ3) is 1.57. The molecular weight excluding hydrogens is 172 g/mol. The molecule has 0 unspecified atom stereocenters. The third-order valence-electron chi connectivity index (χ3n) is 3.24. The molecule has 1 aliphatic rings. The van der Waals surface area contributed by atoms with Gasteiger partial charge in [0.25, 0.3) is 0 Å². The quantitative estimate of drug-likeness (QED) is 0.552. The minimum atomic E-state index is -1.03. The maximum absolute atomic E-state index is 2.50. The van der Waals surface area contributed by atoms with Gasteiger partial charge >= 0.3 is 0 Å². The fourth-order valence-electron chi connectivity index (χ4n) is 2.45. The zero-order chi connectivity index (χ0) is 9.47. The molecule has 0 saturated heterocycles. The first kappa shape index (κ1) is 9.01. The van der Waals surface area contributed by atoms with E-state index in [-0.39, 0.29) is 0 Å². The van der Waals surface area contributed by atoms with Gasteiger partial charge in [-0.05, 0) is 18.9 Å². The summed E-state index contributed by atoms with van der Waals surface area (Å²) in [6.07, 6.45) is 2.73. The van der Waals surface area contributed by atoms with Gasteiger partial charge < -0.3 is 0 Å². The number of fused-ring (bicyclic) bond motifs is 1. The Morgan fingerprint density at radius 2 is 2.00 bits per heavy atom. The van der Waals surface area contributed by atoms with Gasteiger partial charge in [0.15, 0.2) is 0 Å². The molecule has 0 bridgehead atoms. The predicted molar refractivity (Wildman–Crippen MR) is 61.4 cm³/mol. The van der Waals surface area contributed by atoms with E-state index in [1.165, 1.54) is 24.4 Å². The molecule has 1 aromatic rings. The lowest BCUT2D eigenvalue weighted by atomic mass is 10.1. The van der Waals surface area contributed by atoms with Crippen molar-refractivity contribution in [1.29, 1.82) is 0 Å². The van der Waals surface area contributed by atoms with Crippen LogP contribution in [-0.4, -0.2) is 8.07 Å². The Morgan fingerprint density at radius 1 is 1.23 bits per heavy atom. The van der Waals surface area contributed by atoms with Crippen LogP contribution in [-0.2, 0) is 6.42 Å². The third-order valence-corrected chi connectivity index (χ3v) is 6.79. The van der Waals surface area contributed by atoms with Crippen molar-refractivity contribution in [2.24, 2.45) is 0 Å². The summed E-state index contributed by atoms with van der Waals surface area (Å²) in [7, 11) is -1.03. The zero-order valence-corrected chi connectivity index (χ0v) is 9.85. The topological polar surface area (TPSA) is 0 Å². The smallest absolute Gasteiger partial charge is 0.0654 e. The summed E-state index contributed by atoms with van der Waals surface area (Å²) < 4.78 is 0. The number of benzene rings is 1. The first-order valence-corrected chi connectivity index (χ1v) is 8.40. The van der Waals surface area contributed by atoms with Gasteiger partial charge in [-0.2, -0.15) is 0 Å². The highest BCUT2D eigenvalue weighted by atomic mass is 28.3. The normalized spacial score (nSPS) is 19.6. The van der Waals surface area contributed by atoms with Crippen LogP contribution in [0.4, 0.5) is 0 Å². The minimum Gasteiger partial charge on any atom is -0.0654 e. The van der Waals surface area contributed by atoms with Crippen LogP contribution in [0, 0.1) is 6.92 Å². The minimum absolute atomic E-state index is 1.03. The van der Waals surface area contributed by atoms with Crippen molar-refractivity contribution in [3.8, 4) is 0 Å². The number of hydrogen-bond acceptors (Lipinski definition) is 0. The van der Waals surface area contributed by atoms with E-state index in [1.54, 1.807) is 10.8 Å². The van der Waals surface area contributed by atoms with Crippen molar-refractivity contribution in [1.82, 2.24) is 0 Å². The van der Waals surface area contributed by atoms with Gasteiger partial charge in [0, 0.05) is 0 Å². The highest BCUT2D eigenvalue weighted by Crippen LogP contribution is 2.22. The molecule has 0 amide bonds. The molecule has 0 atom stereocenters. The van der Waals surface area contributed by atoms with Crippen LogP contribution in [0.3, 0.4) is 0 Å². The van der Waals surface area contributed by atoms with Crippen LogP contribution >= 0.6 is 0 Å². The summed E-state index contributed by atoms with van der Waals surface area (Å²) in [6, 6.07) is 8.53. The first-order chi connectivity index (χ1) is 6.09. The molecule has 0 nitrogen and oxygen atoms in total. The van der Waals surface area contributed by atoms with Crippen molar-refractivity contribution in [2.75, 3.05) is 0 Å². The van der Waals surface area contributed by atoms with Gasteiger partial charge in [-0.1, -0.05) is 54.5 Å².